The zero-order valence-corrected chi connectivity index (χ0v) is 14.9. The van der Waals surface area contributed by atoms with E-state index in [1.807, 2.05) is 36.7 Å². The summed E-state index contributed by atoms with van der Waals surface area (Å²) in [4.78, 5) is 19.8. The number of aromatic nitrogens is 3. The van der Waals surface area contributed by atoms with Crippen molar-refractivity contribution in [3.63, 3.8) is 0 Å². The number of amides is 1. The number of hydrogen-bond donors (Lipinski definition) is 2. The summed E-state index contributed by atoms with van der Waals surface area (Å²) in [5.74, 6) is 0.192. The van der Waals surface area contributed by atoms with Gasteiger partial charge in [0.25, 0.3) is 0 Å². The van der Waals surface area contributed by atoms with Crippen molar-refractivity contribution in [2.75, 3.05) is 11.1 Å². The van der Waals surface area contributed by atoms with Crippen LogP contribution in [-0.4, -0.2) is 20.4 Å². The zero-order chi connectivity index (χ0) is 17.4. The minimum atomic E-state index is -0.240. The summed E-state index contributed by atoms with van der Waals surface area (Å²) in [6.07, 6.45) is 2.69. The average Bonchev–Trinajstić information content (AvgIpc) is 2.80. The molecule has 0 fully saturated rings. The number of halogens is 1. The van der Waals surface area contributed by atoms with Gasteiger partial charge in [0.05, 0.1) is 15.6 Å². The maximum absolute atomic E-state index is 11.4. The first kappa shape index (κ1) is 16.2. The molecule has 1 aromatic carbocycles. The molecule has 1 amide bonds. The lowest BCUT2D eigenvalue weighted by Crippen LogP contribution is -2.07. The number of hydrogen-bond acceptors (Lipinski definition) is 4. The molecule has 0 bridgehead atoms. The Labute approximate surface area is 147 Å². The number of nitrogens with one attached hydrogen (secondary N) is 1. The summed E-state index contributed by atoms with van der Waals surface area (Å²) in [6, 6.07) is 5.72. The predicted molar refractivity (Wildman–Crippen MR) is 99.6 cm³/mol. The normalized spacial score (nSPS) is 10.8. The van der Waals surface area contributed by atoms with E-state index >= 15 is 0 Å². The van der Waals surface area contributed by atoms with Crippen LogP contribution >= 0.6 is 15.9 Å². The maximum Gasteiger partial charge on any atom is 0.247 e. The third-order valence-corrected chi connectivity index (χ3v) is 4.64. The van der Waals surface area contributed by atoms with Crippen LogP contribution < -0.4 is 11.1 Å². The van der Waals surface area contributed by atoms with Crippen molar-refractivity contribution < 1.29 is 4.79 Å². The van der Waals surface area contributed by atoms with Crippen molar-refractivity contribution in [2.45, 2.75) is 6.92 Å². The Morgan fingerprint density at radius 1 is 1.42 bits per heavy atom. The topological polar surface area (TPSA) is 85.8 Å². The van der Waals surface area contributed by atoms with E-state index in [2.05, 4.69) is 37.8 Å². The Morgan fingerprint density at radius 2 is 2.17 bits per heavy atom. The molecule has 0 unspecified atom stereocenters. The van der Waals surface area contributed by atoms with Crippen molar-refractivity contribution in [3.05, 3.63) is 47.2 Å². The van der Waals surface area contributed by atoms with Crippen LogP contribution in [0.4, 0.5) is 11.5 Å². The highest BCUT2D eigenvalue weighted by molar-refractivity contribution is 9.10. The molecule has 2 heterocycles. The van der Waals surface area contributed by atoms with E-state index in [1.165, 1.54) is 12.4 Å². The minimum Gasteiger partial charge on any atom is -0.383 e. The lowest BCUT2D eigenvalue weighted by Gasteiger charge is -2.11. The van der Waals surface area contributed by atoms with Crippen molar-refractivity contribution in [2.24, 2.45) is 7.05 Å². The van der Waals surface area contributed by atoms with Gasteiger partial charge >= 0.3 is 0 Å². The molecule has 3 aromatic rings. The van der Waals surface area contributed by atoms with Crippen LogP contribution in [-0.2, 0) is 11.8 Å². The maximum atomic E-state index is 11.4. The van der Waals surface area contributed by atoms with E-state index in [0.29, 0.717) is 5.82 Å². The summed E-state index contributed by atoms with van der Waals surface area (Å²) in [6.45, 7) is 5.44. The summed E-state index contributed by atoms with van der Waals surface area (Å²) in [7, 11) is 1.93. The number of carbonyl (C=O) groups is 1. The zero-order valence-electron chi connectivity index (χ0n) is 13.3. The highest BCUT2D eigenvalue weighted by Gasteiger charge is 2.19. The first-order valence-electron chi connectivity index (χ1n) is 7.22. The summed E-state index contributed by atoms with van der Waals surface area (Å²) < 4.78 is 2.82. The van der Waals surface area contributed by atoms with Crippen molar-refractivity contribution in [1.29, 1.82) is 0 Å². The molecule has 0 radical (unpaired) electrons. The van der Waals surface area contributed by atoms with Crippen LogP contribution in [0.25, 0.3) is 22.3 Å². The summed E-state index contributed by atoms with van der Waals surface area (Å²) in [5, 5.41) is 3.55. The van der Waals surface area contributed by atoms with E-state index in [1.54, 1.807) is 0 Å². The fourth-order valence-corrected chi connectivity index (χ4v) is 3.59. The van der Waals surface area contributed by atoms with E-state index in [-0.39, 0.29) is 5.91 Å². The van der Waals surface area contributed by atoms with E-state index in [9.17, 15) is 4.79 Å². The Morgan fingerprint density at radius 3 is 2.79 bits per heavy atom. The predicted octanol–water partition coefficient (Wildman–Crippen LogP) is 3.41. The van der Waals surface area contributed by atoms with Gasteiger partial charge in [-0.05, 0) is 46.6 Å². The van der Waals surface area contributed by atoms with E-state index in [0.717, 1.165) is 38.0 Å². The number of nitrogens with two attached hydrogens (primary N) is 1. The van der Waals surface area contributed by atoms with Gasteiger partial charge in [0.1, 0.15) is 17.8 Å². The second kappa shape index (κ2) is 6.09. The Balaban J connectivity index is 2.16. The van der Waals surface area contributed by atoms with Gasteiger partial charge in [0.15, 0.2) is 0 Å². The fourth-order valence-electron chi connectivity index (χ4n) is 2.73. The second-order valence-corrected chi connectivity index (χ2v) is 6.20. The van der Waals surface area contributed by atoms with Gasteiger partial charge < -0.3 is 15.6 Å². The van der Waals surface area contributed by atoms with Gasteiger partial charge in [-0.1, -0.05) is 12.6 Å². The Kier molecular flexibility index (Phi) is 4.11. The molecule has 0 saturated heterocycles. The van der Waals surface area contributed by atoms with Crippen LogP contribution in [0.2, 0.25) is 0 Å². The number of benzene rings is 1. The van der Waals surface area contributed by atoms with E-state index < -0.39 is 0 Å². The first-order valence-corrected chi connectivity index (χ1v) is 8.02. The molecule has 0 atom stereocenters. The number of nitrogens with zero attached hydrogens (tertiary/aromatic N) is 3. The molecule has 0 saturated carbocycles. The molecule has 3 N–H and O–H groups in total. The quantitative estimate of drug-likeness (QED) is 0.676. The molecule has 0 aliphatic carbocycles. The lowest BCUT2D eigenvalue weighted by molar-refractivity contribution is -0.111. The largest absolute Gasteiger partial charge is 0.383 e. The van der Waals surface area contributed by atoms with Gasteiger partial charge in [-0.25, -0.2) is 9.97 Å². The smallest absolute Gasteiger partial charge is 0.247 e. The molecule has 3 rings (SSSR count). The lowest BCUT2D eigenvalue weighted by atomic mass is 10.0. The monoisotopic (exact) mass is 385 g/mol. The SMILES string of the molecule is C=CC(=O)Nc1ccc(-c2c(Br)c3c(N)ncnc3n2C)c(C)c1. The highest BCUT2D eigenvalue weighted by Crippen LogP contribution is 2.39. The Hall–Kier alpha value is -2.67. The van der Waals surface area contributed by atoms with Gasteiger partial charge in [0.2, 0.25) is 5.91 Å². The molecular weight excluding hydrogens is 370 g/mol. The van der Waals surface area contributed by atoms with Crippen molar-refractivity contribution in [3.8, 4) is 11.3 Å². The molecule has 0 aliphatic rings. The number of anilines is 2. The van der Waals surface area contributed by atoms with Gasteiger partial charge in [-0.2, -0.15) is 0 Å². The third-order valence-electron chi connectivity index (χ3n) is 3.87. The van der Waals surface area contributed by atoms with E-state index in [4.69, 9.17) is 5.73 Å². The number of aryl methyl sites for hydroxylation is 2. The molecule has 122 valence electrons. The molecule has 0 aliphatic heterocycles. The third kappa shape index (κ3) is 2.56. The number of carbonyl (C=O) groups excluding carboxylic acids is 1. The molecule has 2 aromatic heterocycles. The van der Waals surface area contributed by atoms with Gasteiger partial charge in [-0.15, -0.1) is 0 Å². The average molecular weight is 386 g/mol. The molecule has 6 nitrogen and oxygen atoms in total. The van der Waals surface area contributed by atoms with Crippen LogP contribution in [0.1, 0.15) is 5.56 Å². The van der Waals surface area contributed by atoms with Crippen LogP contribution in [0, 0.1) is 6.92 Å². The summed E-state index contributed by atoms with van der Waals surface area (Å²) in [5.41, 5.74) is 10.5. The number of rotatable bonds is 3. The molecule has 24 heavy (non-hydrogen) atoms. The fraction of sp³-hybridized carbons (Fsp3) is 0.118. The highest BCUT2D eigenvalue weighted by atomic mass is 79.9. The van der Waals surface area contributed by atoms with Crippen LogP contribution in [0.15, 0.2) is 41.7 Å². The van der Waals surface area contributed by atoms with Crippen molar-refractivity contribution in [1.82, 2.24) is 14.5 Å². The molecule has 0 spiro atoms. The number of nitrogen functional groups attached to an aromatic ring is 1. The second-order valence-electron chi connectivity index (χ2n) is 5.40. The van der Waals surface area contributed by atoms with Gasteiger partial charge in [-0.3, -0.25) is 4.79 Å². The molecular formula is C17H16BrN5O. The number of fused-ring (bicyclic) bond motifs is 1. The molecule has 7 heteroatoms. The Bertz CT molecular complexity index is 977. The minimum absolute atomic E-state index is 0.240. The first-order chi connectivity index (χ1) is 11.4. The van der Waals surface area contributed by atoms with Crippen LogP contribution in [0.3, 0.4) is 0 Å². The summed E-state index contributed by atoms with van der Waals surface area (Å²) >= 11 is 3.63. The van der Waals surface area contributed by atoms with Crippen LogP contribution in [0.5, 0.6) is 0 Å². The van der Waals surface area contributed by atoms with Crippen molar-refractivity contribution >= 4 is 44.4 Å². The van der Waals surface area contributed by atoms with Gasteiger partial charge in [0, 0.05) is 18.3 Å². The standard InChI is InChI=1S/C17H16BrN5O/c1-4-12(24)22-10-5-6-11(9(2)7-10)15-14(18)13-16(19)20-8-21-17(13)23(15)3/h4-8H,1H2,2-3H3,(H,22,24)(H2,19,20,21).